The van der Waals surface area contributed by atoms with Gasteiger partial charge in [-0.2, -0.15) is 0 Å². The largest absolute Gasteiger partial charge is 0.407 e. The lowest BCUT2D eigenvalue weighted by molar-refractivity contribution is 0.0171. The van der Waals surface area contributed by atoms with Crippen LogP contribution >= 0.6 is 0 Å². The molecular formula is C21H26O3Si. The number of ether oxygens (including phenoxy) is 2. The molecule has 0 bridgehead atoms. The Bertz CT molecular complexity index is 671. The van der Waals surface area contributed by atoms with Crippen LogP contribution in [0.4, 0.5) is 0 Å². The van der Waals surface area contributed by atoms with Crippen molar-refractivity contribution in [2.75, 3.05) is 13.2 Å². The summed E-state index contributed by atoms with van der Waals surface area (Å²) in [5, 5.41) is 2.65. The van der Waals surface area contributed by atoms with Crippen LogP contribution in [0.5, 0.6) is 0 Å². The van der Waals surface area contributed by atoms with Crippen LogP contribution in [0.2, 0.25) is 5.04 Å². The molecule has 2 aliphatic rings. The van der Waals surface area contributed by atoms with Crippen molar-refractivity contribution in [3.63, 3.8) is 0 Å². The maximum Gasteiger partial charge on any atom is 0.261 e. The summed E-state index contributed by atoms with van der Waals surface area (Å²) >= 11 is 0. The molecule has 0 saturated carbocycles. The lowest BCUT2D eigenvalue weighted by Crippen LogP contribution is -2.67. The van der Waals surface area contributed by atoms with E-state index in [1.165, 1.54) is 10.4 Å². The van der Waals surface area contributed by atoms with Crippen molar-refractivity contribution in [2.24, 2.45) is 5.92 Å². The van der Waals surface area contributed by atoms with Crippen LogP contribution in [0.3, 0.4) is 0 Å². The van der Waals surface area contributed by atoms with Gasteiger partial charge in [0.2, 0.25) is 0 Å². The zero-order chi connectivity index (χ0) is 17.5. The number of hydrogen-bond acceptors (Lipinski definition) is 3. The molecule has 0 N–H and O–H groups in total. The molecule has 25 heavy (non-hydrogen) atoms. The topological polar surface area (TPSA) is 31.0 Å². The Morgan fingerprint density at radius 3 is 1.92 bits per heavy atom. The molecular weight excluding hydrogens is 328 g/mol. The molecule has 4 heteroatoms. The average molecular weight is 355 g/mol. The van der Waals surface area contributed by atoms with E-state index in [0.717, 1.165) is 6.61 Å². The van der Waals surface area contributed by atoms with Crippen LogP contribution in [0.25, 0.3) is 0 Å². The third-order valence-corrected chi connectivity index (χ3v) is 10.4. The first kappa shape index (κ1) is 17.0. The predicted molar refractivity (Wildman–Crippen MR) is 102 cm³/mol. The Morgan fingerprint density at radius 2 is 1.52 bits per heavy atom. The van der Waals surface area contributed by atoms with E-state index in [9.17, 15) is 0 Å². The minimum Gasteiger partial charge on any atom is -0.407 e. The third-order valence-electron chi connectivity index (χ3n) is 5.35. The van der Waals surface area contributed by atoms with Gasteiger partial charge < -0.3 is 13.9 Å². The fourth-order valence-electron chi connectivity index (χ4n) is 4.03. The van der Waals surface area contributed by atoms with Crippen LogP contribution in [-0.4, -0.2) is 33.9 Å². The lowest BCUT2D eigenvalue weighted by atomic mass is 10.1. The molecule has 3 nitrogen and oxygen atoms in total. The van der Waals surface area contributed by atoms with Gasteiger partial charge in [0, 0.05) is 12.5 Å². The van der Waals surface area contributed by atoms with Gasteiger partial charge in [-0.25, -0.2) is 0 Å². The van der Waals surface area contributed by atoms with E-state index in [1.54, 1.807) is 0 Å². The van der Waals surface area contributed by atoms with E-state index in [2.05, 4.69) is 81.4 Å². The second-order valence-corrected chi connectivity index (χ2v) is 12.3. The van der Waals surface area contributed by atoms with E-state index < -0.39 is 8.32 Å². The fraction of sp³-hybridized carbons (Fsp3) is 0.429. The molecule has 2 fully saturated rings. The molecule has 0 radical (unpaired) electrons. The first-order chi connectivity index (χ1) is 12.0. The summed E-state index contributed by atoms with van der Waals surface area (Å²) in [6.45, 7) is 8.35. The molecule has 3 atom stereocenters. The Balaban J connectivity index is 1.75. The molecule has 0 aliphatic carbocycles. The molecule has 2 aromatic rings. The standard InChI is InChI=1S/C21H26O3Si/c1-21(2,3)25(17-10-6-4-7-11-17,18-12-8-5-9-13-18)23-15-16-14-22-20-19(16)24-20/h4-13,16,19-20H,14-15H2,1-3H3/t16-,19-,20-/m1/s1. The molecule has 0 aromatic heterocycles. The predicted octanol–water partition coefficient (Wildman–Crippen LogP) is 2.93. The van der Waals surface area contributed by atoms with Crippen molar-refractivity contribution in [3.05, 3.63) is 60.7 Å². The third kappa shape index (κ3) is 2.97. The highest BCUT2D eigenvalue weighted by Crippen LogP contribution is 2.41. The zero-order valence-electron chi connectivity index (χ0n) is 15.1. The highest BCUT2D eigenvalue weighted by Gasteiger charge is 2.55. The van der Waals surface area contributed by atoms with Crippen LogP contribution in [0.15, 0.2) is 60.7 Å². The summed E-state index contributed by atoms with van der Waals surface area (Å²) in [6.07, 6.45) is 0.256. The summed E-state index contributed by atoms with van der Waals surface area (Å²) in [4.78, 5) is 0. The second-order valence-electron chi connectivity index (χ2n) is 8.04. The van der Waals surface area contributed by atoms with Crippen LogP contribution in [0.1, 0.15) is 20.8 Å². The zero-order valence-corrected chi connectivity index (χ0v) is 16.1. The summed E-state index contributed by atoms with van der Waals surface area (Å²) in [7, 11) is -2.44. The smallest absolute Gasteiger partial charge is 0.261 e. The van der Waals surface area contributed by atoms with Gasteiger partial charge in [-0.3, -0.25) is 0 Å². The SMILES string of the molecule is CC(C)(C)[Si](OC[C@H]1CO[C@@H]2O[C@H]12)(c1ccccc1)c1ccccc1. The molecule has 4 rings (SSSR count). The van der Waals surface area contributed by atoms with Gasteiger partial charge in [0.25, 0.3) is 8.32 Å². The molecule has 2 saturated heterocycles. The van der Waals surface area contributed by atoms with E-state index in [0.29, 0.717) is 12.5 Å². The van der Waals surface area contributed by atoms with E-state index in [1.807, 2.05) is 0 Å². The Morgan fingerprint density at radius 1 is 0.960 bits per heavy atom. The number of rotatable bonds is 5. The summed E-state index contributed by atoms with van der Waals surface area (Å²) in [5.41, 5.74) is 0. The molecule has 0 spiro atoms. The molecule has 2 heterocycles. The Labute approximate surface area is 151 Å². The van der Waals surface area contributed by atoms with Crippen LogP contribution in [-0.2, 0) is 13.9 Å². The van der Waals surface area contributed by atoms with Gasteiger partial charge in [0.15, 0.2) is 6.29 Å². The molecule has 132 valence electrons. The Hall–Kier alpha value is -1.46. The van der Waals surface area contributed by atoms with Gasteiger partial charge in [0.05, 0.1) is 6.61 Å². The van der Waals surface area contributed by atoms with Crippen LogP contribution in [0, 0.1) is 5.92 Å². The quantitative estimate of drug-likeness (QED) is 0.611. The van der Waals surface area contributed by atoms with Gasteiger partial charge >= 0.3 is 0 Å². The van der Waals surface area contributed by atoms with Gasteiger partial charge in [-0.15, -0.1) is 0 Å². The van der Waals surface area contributed by atoms with Crippen molar-refractivity contribution in [1.29, 1.82) is 0 Å². The molecule has 2 aliphatic heterocycles. The van der Waals surface area contributed by atoms with Crippen molar-refractivity contribution in [2.45, 2.75) is 38.2 Å². The number of benzene rings is 2. The van der Waals surface area contributed by atoms with E-state index in [4.69, 9.17) is 13.9 Å². The minimum absolute atomic E-state index is 0.0129. The van der Waals surface area contributed by atoms with Gasteiger partial charge in [-0.1, -0.05) is 81.4 Å². The normalized spacial score (nSPS) is 25.6. The summed E-state index contributed by atoms with van der Waals surface area (Å²) < 4.78 is 18.1. The molecule has 0 unspecified atom stereocenters. The fourth-order valence-corrected chi connectivity index (χ4v) is 8.65. The van der Waals surface area contributed by atoms with Crippen molar-refractivity contribution in [3.8, 4) is 0 Å². The Kier molecular flexibility index (Phi) is 4.32. The maximum atomic E-state index is 6.93. The van der Waals surface area contributed by atoms with Gasteiger partial charge in [0.1, 0.15) is 6.10 Å². The summed E-state index contributed by atoms with van der Waals surface area (Å²) in [6, 6.07) is 21.5. The monoisotopic (exact) mass is 354 g/mol. The average Bonchev–Trinajstić information content (AvgIpc) is 3.29. The second kappa shape index (κ2) is 6.36. The van der Waals surface area contributed by atoms with Crippen LogP contribution < -0.4 is 10.4 Å². The summed E-state index contributed by atoms with van der Waals surface area (Å²) in [5.74, 6) is 0.339. The number of epoxide rings is 1. The van der Waals surface area contributed by atoms with E-state index >= 15 is 0 Å². The number of fused-ring (bicyclic) bond motifs is 1. The van der Waals surface area contributed by atoms with E-state index in [-0.39, 0.29) is 17.4 Å². The van der Waals surface area contributed by atoms with Crippen molar-refractivity contribution >= 4 is 18.7 Å². The minimum atomic E-state index is -2.44. The molecule has 0 amide bonds. The maximum absolute atomic E-state index is 6.93. The highest BCUT2D eigenvalue weighted by molar-refractivity contribution is 6.99. The van der Waals surface area contributed by atoms with Crippen molar-refractivity contribution in [1.82, 2.24) is 0 Å². The highest BCUT2D eigenvalue weighted by atomic mass is 28.4. The molecule has 2 aromatic carbocycles. The number of hydrogen-bond donors (Lipinski definition) is 0. The van der Waals surface area contributed by atoms with Crippen molar-refractivity contribution < 1.29 is 13.9 Å². The lowest BCUT2D eigenvalue weighted by Gasteiger charge is -2.43. The van der Waals surface area contributed by atoms with Gasteiger partial charge in [-0.05, 0) is 15.4 Å². The first-order valence-electron chi connectivity index (χ1n) is 9.04. The first-order valence-corrected chi connectivity index (χ1v) is 11.0.